The molecule has 2 aliphatic carbocycles. The van der Waals surface area contributed by atoms with Crippen LogP contribution in [0, 0.1) is 23.7 Å². The van der Waals surface area contributed by atoms with E-state index in [1.165, 1.54) is 15.9 Å². The van der Waals surface area contributed by atoms with Crippen molar-refractivity contribution in [1.82, 2.24) is 0 Å². The summed E-state index contributed by atoms with van der Waals surface area (Å²) >= 11 is 6.47. The first kappa shape index (κ1) is 18.8. The van der Waals surface area contributed by atoms with Crippen LogP contribution in [0.1, 0.15) is 51.4 Å². The molecule has 0 unspecified atom stereocenters. The van der Waals surface area contributed by atoms with Gasteiger partial charge in [-0.1, -0.05) is 37.3 Å². The van der Waals surface area contributed by atoms with Crippen molar-refractivity contribution >= 4 is 46.6 Å². The number of halogens is 1. The number of carbonyl (C=O) groups is 4. The van der Waals surface area contributed by atoms with Crippen LogP contribution in [0.3, 0.4) is 0 Å². The summed E-state index contributed by atoms with van der Waals surface area (Å²) < 4.78 is 0. The summed E-state index contributed by atoms with van der Waals surface area (Å²) in [4.78, 5) is 53.8. The molecule has 6 nitrogen and oxygen atoms in total. The Morgan fingerprint density at radius 1 is 0.655 bits per heavy atom. The van der Waals surface area contributed by atoms with Crippen LogP contribution in [0.5, 0.6) is 0 Å². The van der Waals surface area contributed by atoms with Crippen LogP contribution in [0.15, 0.2) is 18.2 Å². The minimum absolute atomic E-state index is 0.164. The smallest absolute Gasteiger partial charge is 0.237 e. The van der Waals surface area contributed by atoms with Crippen LogP contribution in [0.25, 0.3) is 0 Å². The monoisotopic (exact) mass is 414 g/mol. The summed E-state index contributed by atoms with van der Waals surface area (Å²) in [5, 5.41) is 0.207. The molecule has 2 aliphatic heterocycles. The van der Waals surface area contributed by atoms with Gasteiger partial charge in [-0.3, -0.25) is 24.1 Å². The molecule has 0 spiro atoms. The molecular formula is C22H23ClN2O4. The normalized spacial score (nSPS) is 32.0. The highest BCUT2D eigenvalue weighted by Gasteiger charge is 2.50. The Hall–Kier alpha value is -2.21. The lowest BCUT2D eigenvalue weighted by atomic mass is 9.81. The third-order valence-corrected chi connectivity index (χ3v) is 7.42. The van der Waals surface area contributed by atoms with E-state index in [9.17, 15) is 19.2 Å². The number of hydrogen-bond acceptors (Lipinski definition) is 4. The standard InChI is InChI=1S/C22H23ClN2O4/c23-17-11-12(24-19(26)13-5-1-2-6-14(13)20(24)27)9-10-18(17)25-21(28)15-7-3-4-8-16(15)22(25)29/h9-11,13-16H,1-8H2/t13-,14-,15-,16+/m0/s1. The molecule has 152 valence electrons. The molecule has 5 rings (SSSR count). The summed E-state index contributed by atoms with van der Waals surface area (Å²) in [5.74, 6) is -1.68. The highest BCUT2D eigenvalue weighted by molar-refractivity contribution is 6.36. The second-order valence-electron chi connectivity index (χ2n) is 8.65. The van der Waals surface area contributed by atoms with E-state index in [1.807, 2.05) is 0 Å². The molecule has 0 radical (unpaired) electrons. The van der Waals surface area contributed by atoms with Crippen LogP contribution in [0.2, 0.25) is 5.02 Å². The molecule has 1 aromatic rings. The maximum atomic E-state index is 12.8. The third kappa shape index (κ3) is 2.75. The minimum Gasteiger partial charge on any atom is -0.274 e. The second-order valence-corrected chi connectivity index (χ2v) is 9.06. The van der Waals surface area contributed by atoms with Gasteiger partial charge in [0.15, 0.2) is 0 Å². The maximum absolute atomic E-state index is 12.8. The summed E-state index contributed by atoms with van der Waals surface area (Å²) in [5.41, 5.74) is 0.760. The molecule has 2 saturated carbocycles. The number of hydrogen-bond donors (Lipinski definition) is 0. The van der Waals surface area contributed by atoms with Crippen molar-refractivity contribution < 1.29 is 19.2 Å². The minimum atomic E-state index is -0.253. The van der Waals surface area contributed by atoms with E-state index in [1.54, 1.807) is 12.1 Å². The van der Waals surface area contributed by atoms with E-state index in [2.05, 4.69) is 0 Å². The Kier molecular flexibility index (Phi) is 4.50. The Labute approximate surface area is 174 Å². The average molecular weight is 415 g/mol. The van der Waals surface area contributed by atoms with Gasteiger partial charge in [0.05, 0.1) is 40.1 Å². The van der Waals surface area contributed by atoms with Crippen molar-refractivity contribution in [2.75, 3.05) is 9.80 Å². The first-order chi connectivity index (χ1) is 14.0. The van der Waals surface area contributed by atoms with Crippen molar-refractivity contribution in [3.05, 3.63) is 23.2 Å². The molecule has 29 heavy (non-hydrogen) atoms. The van der Waals surface area contributed by atoms with Crippen LogP contribution in [-0.4, -0.2) is 23.6 Å². The Bertz CT molecular complexity index is 881. The van der Waals surface area contributed by atoms with Gasteiger partial charge >= 0.3 is 0 Å². The van der Waals surface area contributed by atoms with E-state index in [0.29, 0.717) is 11.4 Å². The van der Waals surface area contributed by atoms with Crippen LogP contribution >= 0.6 is 11.6 Å². The first-order valence-electron chi connectivity index (χ1n) is 10.5. The molecule has 0 N–H and O–H groups in total. The number of carbonyl (C=O) groups excluding carboxylic acids is 4. The van der Waals surface area contributed by atoms with Crippen LogP contribution < -0.4 is 9.80 Å². The largest absolute Gasteiger partial charge is 0.274 e. The summed E-state index contributed by atoms with van der Waals surface area (Å²) in [6, 6.07) is 4.75. The molecule has 7 heteroatoms. The number of rotatable bonds is 2. The van der Waals surface area contributed by atoms with E-state index in [-0.39, 0.29) is 52.3 Å². The zero-order valence-electron chi connectivity index (χ0n) is 16.1. The number of nitrogens with zero attached hydrogens (tertiary/aromatic N) is 2. The zero-order valence-corrected chi connectivity index (χ0v) is 16.9. The van der Waals surface area contributed by atoms with Gasteiger partial charge in [-0.2, -0.15) is 0 Å². The highest BCUT2D eigenvalue weighted by atomic mass is 35.5. The summed E-state index contributed by atoms with van der Waals surface area (Å²) in [6.07, 6.45) is 6.82. The number of benzene rings is 1. The van der Waals surface area contributed by atoms with Crippen LogP contribution in [0.4, 0.5) is 11.4 Å². The van der Waals surface area contributed by atoms with Crippen LogP contribution in [-0.2, 0) is 19.2 Å². The van der Waals surface area contributed by atoms with E-state index in [0.717, 1.165) is 51.4 Å². The molecule has 0 aromatic heterocycles. The molecule has 0 bridgehead atoms. The second kappa shape index (κ2) is 6.94. The van der Waals surface area contributed by atoms with Gasteiger partial charge in [0.2, 0.25) is 23.6 Å². The number of anilines is 2. The predicted molar refractivity (Wildman–Crippen MR) is 107 cm³/mol. The number of imide groups is 2. The summed E-state index contributed by atoms with van der Waals surface area (Å²) in [7, 11) is 0. The van der Waals surface area contributed by atoms with Crippen molar-refractivity contribution in [2.45, 2.75) is 51.4 Å². The average Bonchev–Trinajstić information content (AvgIpc) is 3.14. The molecule has 4 atom stereocenters. The van der Waals surface area contributed by atoms with Gasteiger partial charge in [-0.15, -0.1) is 0 Å². The predicted octanol–water partition coefficient (Wildman–Crippen LogP) is 3.70. The zero-order chi connectivity index (χ0) is 20.3. The Morgan fingerprint density at radius 2 is 1.07 bits per heavy atom. The van der Waals surface area contributed by atoms with Gasteiger partial charge in [0.1, 0.15) is 0 Å². The van der Waals surface area contributed by atoms with Crippen molar-refractivity contribution in [3.8, 4) is 0 Å². The molecular weight excluding hydrogens is 392 g/mol. The number of amides is 4. The topological polar surface area (TPSA) is 74.8 Å². The van der Waals surface area contributed by atoms with Gasteiger partial charge in [-0.25, -0.2) is 4.90 Å². The maximum Gasteiger partial charge on any atom is 0.237 e. The van der Waals surface area contributed by atoms with Gasteiger partial charge in [0, 0.05) is 0 Å². The lowest BCUT2D eigenvalue weighted by Gasteiger charge is -2.20. The fourth-order valence-corrected chi connectivity index (χ4v) is 5.89. The molecule has 4 fully saturated rings. The molecule has 1 aromatic carbocycles. The lowest BCUT2D eigenvalue weighted by Crippen LogP contribution is -2.32. The van der Waals surface area contributed by atoms with Gasteiger partial charge in [0.25, 0.3) is 0 Å². The van der Waals surface area contributed by atoms with Crippen molar-refractivity contribution in [1.29, 1.82) is 0 Å². The molecule has 2 heterocycles. The molecule has 2 saturated heterocycles. The fourth-order valence-electron chi connectivity index (χ4n) is 5.63. The SMILES string of the molecule is O=C1[C@H]2CCCC[C@@H]2C(=O)N1c1ccc(N2C(=O)[C@H]3CCCC[C@H]3C2=O)c(Cl)c1. The van der Waals surface area contributed by atoms with Crippen molar-refractivity contribution in [3.63, 3.8) is 0 Å². The van der Waals surface area contributed by atoms with E-state index >= 15 is 0 Å². The third-order valence-electron chi connectivity index (χ3n) is 7.11. The first-order valence-corrected chi connectivity index (χ1v) is 10.9. The quantitative estimate of drug-likeness (QED) is 0.691. The highest BCUT2D eigenvalue weighted by Crippen LogP contribution is 2.44. The number of fused-ring (bicyclic) bond motifs is 2. The lowest BCUT2D eigenvalue weighted by molar-refractivity contribution is -0.124. The molecule has 4 aliphatic rings. The fraction of sp³-hybridized carbons (Fsp3) is 0.545. The summed E-state index contributed by atoms with van der Waals surface area (Å²) in [6.45, 7) is 0. The van der Waals surface area contributed by atoms with Crippen molar-refractivity contribution in [2.24, 2.45) is 23.7 Å². The van der Waals surface area contributed by atoms with Gasteiger partial charge in [-0.05, 0) is 43.9 Å². The van der Waals surface area contributed by atoms with E-state index in [4.69, 9.17) is 11.6 Å². The Morgan fingerprint density at radius 3 is 1.48 bits per heavy atom. The van der Waals surface area contributed by atoms with Gasteiger partial charge < -0.3 is 0 Å². The Balaban J connectivity index is 1.45. The molecule has 4 amide bonds. The van der Waals surface area contributed by atoms with E-state index < -0.39 is 0 Å².